The molecular weight excluding hydrogens is 252 g/mol. The second-order valence-corrected chi connectivity index (χ2v) is 0. The smallest absolute Gasteiger partial charge is 0 e. The van der Waals surface area contributed by atoms with Crippen molar-refractivity contribution in [2.45, 2.75) is 0 Å². The van der Waals surface area contributed by atoms with E-state index >= 15 is 0 Å². The van der Waals surface area contributed by atoms with Crippen molar-refractivity contribution in [3.63, 3.8) is 0 Å². The molecule has 0 radical (unpaired) electrons. The first-order valence-electron chi connectivity index (χ1n) is 0. The zero-order valence-corrected chi connectivity index (χ0v) is 9.55. The van der Waals surface area contributed by atoms with Crippen LogP contribution in [0.1, 0.15) is 0 Å². The molecule has 0 bridgehead atoms. The van der Waals surface area contributed by atoms with E-state index in [9.17, 15) is 0 Å². The first-order valence-corrected chi connectivity index (χ1v) is 0. The van der Waals surface area contributed by atoms with Crippen molar-refractivity contribution >= 4 is 40.5 Å². The Kier molecular flexibility index (Phi) is 580. The van der Waals surface area contributed by atoms with Gasteiger partial charge in [0.1, 0.15) is 0 Å². The summed E-state index contributed by atoms with van der Waals surface area (Å²) < 4.78 is 0. The van der Waals surface area contributed by atoms with Crippen LogP contribution in [-0.2, 0) is 52.1 Å². The maximum Gasteiger partial charge on any atom is 0 e. The Bertz CT molecular complexity index is 6.00. The van der Waals surface area contributed by atoms with Crippen LogP contribution in [0.4, 0.5) is 0 Å². The number of rotatable bonds is 0. The molecule has 42 valence electrons. The standard InChI is InChI=1S/3Cr.3H2S/h;;;3*1H2. The van der Waals surface area contributed by atoms with Crippen molar-refractivity contribution in [2.75, 3.05) is 0 Å². The van der Waals surface area contributed by atoms with Crippen molar-refractivity contribution in [2.24, 2.45) is 0 Å². The second kappa shape index (κ2) is 48.2. The summed E-state index contributed by atoms with van der Waals surface area (Å²) in [6, 6.07) is 0. The molecule has 0 fully saturated rings. The summed E-state index contributed by atoms with van der Waals surface area (Å²) >= 11 is 0. The van der Waals surface area contributed by atoms with E-state index in [1.807, 2.05) is 0 Å². The zero-order chi connectivity index (χ0) is 0. The molecule has 0 aromatic carbocycles. The van der Waals surface area contributed by atoms with Gasteiger partial charge in [0.2, 0.25) is 0 Å². The molecule has 0 saturated heterocycles. The van der Waals surface area contributed by atoms with Crippen molar-refractivity contribution < 1.29 is 52.1 Å². The topological polar surface area (TPSA) is 0 Å². The molecule has 0 N–H and O–H groups in total. The fraction of sp³-hybridized carbons (Fsp3) is 0. The van der Waals surface area contributed by atoms with Crippen LogP contribution in [0.2, 0.25) is 0 Å². The van der Waals surface area contributed by atoms with Gasteiger partial charge in [0, 0.05) is 52.1 Å². The molecule has 6 heteroatoms. The normalized spacial score (nSPS) is 0. The summed E-state index contributed by atoms with van der Waals surface area (Å²) in [6.45, 7) is 0. The third kappa shape index (κ3) is 30.2. The summed E-state index contributed by atoms with van der Waals surface area (Å²) in [5, 5.41) is 0. The molecule has 0 aliphatic carbocycles. The molecule has 0 rings (SSSR count). The van der Waals surface area contributed by atoms with Crippen molar-refractivity contribution in [3.8, 4) is 0 Å². The van der Waals surface area contributed by atoms with E-state index in [2.05, 4.69) is 0 Å². The van der Waals surface area contributed by atoms with Gasteiger partial charge in [0.15, 0.2) is 0 Å². The van der Waals surface area contributed by atoms with Crippen molar-refractivity contribution in [3.05, 3.63) is 0 Å². The number of hydrogen-bond acceptors (Lipinski definition) is 0. The van der Waals surface area contributed by atoms with Gasteiger partial charge in [0.05, 0.1) is 0 Å². The molecule has 0 unspecified atom stereocenters. The van der Waals surface area contributed by atoms with Gasteiger partial charge in [-0.1, -0.05) is 0 Å². The molecule has 0 atom stereocenters. The predicted molar refractivity (Wildman–Crippen MR) is 31.1 cm³/mol. The molecular formula is H6Cr3S3. The van der Waals surface area contributed by atoms with Crippen LogP contribution in [0.25, 0.3) is 0 Å². The molecule has 6 heavy (non-hydrogen) atoms. The summed E-state index contributed by atoms with van der Waals surface area (Å²) in [5.41, 5.74) is 0. The van der Waals surface area contributed by atoms with E-state index in [4.69, 9.17) is 0 Å². The number of hydrogen-bond donors (Lipinski definition) is 0. The van der Waals surface area contributed by atoms with E-state index in [1.165, 1.54) is 0 Å². The van der Waals surface area contributed by atoms with E-state index in [0.29, 0.717) is 0 Å². The van der Waals surface area contributed by atoms with Gasteiger partial charge >= 0.3 is 0 Å². The average molecular weight is 258 g/mol. The Morgan fingerprint density at radius 1 is 0.333 bits per heavy atom. The average Bonchev–Trinajstić information content (AvgIpc) is 0. The van der Waals surface area contributed by atoms with Crippen molar-refractivity contribution in [1.29, 1.82) is 0 Å². The molecule has 0 saturated carbocycles. The SMILES string of the molecule is S.S.S.[Cr].[Cr].[Cr]. The Hall–Kier alpha value is 2.65. The third-order valence-electron chi connectivity index (χ3n) is 0. The van der Waals surface area contributed by atoms with Gasteiger partial charge in [-0.05, 0) is 0 Å². The molecule has 0 aliphatic rings. The summed E-state index contributed by atoms with van der Waals surface area (Å²) in [6.07, 6.45) is 0. The molecule has 0 amide bonds. The molecule has 0 aromatic rings. The Morgan fingerprint density at radius 2 is 0.333 bits per heavy atom. The predicted octanol–water partition coefficient (Wildman–Crippen LogP) is 0.331. The largest absolute Gasteiger partial charge is 0.197 e. The Labute approximate surface area is 91.6 Å². The minimum atomic E-state index is 0. The third-order valence-corrected chi connectivity index (χ3v) is 0. The fourth-order valence-corrected chi connectivity index (χ4v) is 0. The van der Waals surface area contributed by atoms with Crippen LogP contribution in [0.3, 0.4) is 0 Å². The first-order chi connectivity index (χ1) is 0. The van der Waals surface area contributed by atoms with Gasteiger partial charge in [-0.15, -0.1) is 0 Å². The van der Waals surface area contributed by atoms with E-state index in [1.54, 1.807) is 0 Å². The van der Waals surface area contributed by atoms with Gasteiger partial charge in [-0.2, -0.15) is 40.5 Å². The van der Waals surface area contributed by atoms with E-state index in [-0.39, 0.29) is 92.6 Å². The second-order valence-electron chi connectivity index (χ2n) is 0. The van der Waals surface area contributed by atoms with E-state index in [0.717, 1.165) is 0 Å². The van der Waals surface area contributed by atoms with Crippen LogP contribution in [0.5, 0.6) is 0 Å². The maximum atomic E-state index is 0. The minimum absolute atomic E-state index is 0. The summed E-state index contributed by atoms with van der Waals surface area (Å²) in [4.78, 5) is 0. The van der Waals surface area contributed by atoms with Crippen LogP contribution >= 0.6 is 40.5 Å². The zero-order valence-electron chi connectivity index (χ0n) is 2.72. The molecule has 0 nitrogen and oxygen atoms in total. The quantitative estimate of drug-likeness (QED) is 0.587. The molecule has 0 heterocycles. The summed E-state index contributed by atoms with van der Waals surface area (Å²) in [5.74, 6) is 0. The maximum absolute atomic E-state index is 0. The molecule has 0 aliphatic heterocycles. The molecule has 0 spiro atoms. The van der Waals surface area contributed by atoms with E-state index < -0.39 is 0 Å². The van der Waals surface area contributed by atoms with Crippen LogP contribution in [0, 0.1) is 0 Å². The van der Waals surface area contributed by atoms with Crippen LogP contribution in [-0.4, -0.2) is 0 Å². The molecule has 0 aromatic heterocycles. The van der Waals surface area contributed by atoms with Gasteiger partial charge < -0.3 is 0 Å². The van der Waals surface area contributed by atoms with Crippen molar-refractivity contribution in [1.82, 2.24) is 0 Å². The van der Waals surface area contributed by atoms with Gasteiger partial charge in [-0.25, -0.2) is 0 Å². The summed E-state index contributed by atoms with van der Waals surface area (Å²) in [7, 11) is 0. The van der Waals surface area contributed by atoms with Gasteiger partial charge in [-0.3, -0.25) is 0 Å². The minimum Gasteiger partial charge on any atom is -0.197 e. The fourth-order valence-electron chi connectivity index (χ4n) is 0. The monoisotopic (exact) mass is 258 g/mol. The van der Waals surface area contributed by atoms with Crippen LogP contribution in [0.15, 0.2) is 0 Å². The van der Waals surface area contributed by atoms with Gasteiger partial charge in [0.25, 0.3) is 0 Å². The Morgan fingerprint density at radius 3 is 0.333 bits per heavy atom. The Balaban J connectivity index is 0. The van der Waals surface area contributed by atoms with Crippen LogP contribution < -0.4 is 0 Å². The first kappa shape index (κ1) is 72.2.